The molecule has 1 aromatic carbocycles. The third-order valence-corrected chi connectivity index (χ3v) is 2.35. The van der Waals surface area contributed by atoms with Gasteiger partial charge in [-0.3, -0.25) is 0 Å². The van der Waals surface area contributed by atoms with E-state index in [1.54, 1.807) is 24.4 Å². The Morgan fingerprint density at radius 1 is 1.18 bits per heavy atom. The zero-order valence-corrected chi connectivity index (χ0v) is 8.79. The summed E-state index contributed by atoms with van der Waals surface area (Å²) in [6.07, 6.45) is 3.20. The summed E-state index contributed by atoms with van der Waals surface area (Å²) in [5.41, 5.74) is 0.718. The summed E-state index contributed by atoms with van der Waals surface area (Å²) in [6.45, 7) is 0. The topological polar surface area (TPSA) is 71.0 Å². The van der Waals surface area contributed by atoms with E-state index in [1.165, 1.54) is 12.4 Å². The van der Waals surface area contributed by atoms with Crippen molar-refractivity contribution in [1.82, 2.24) is 15.0 Å². The number of aromatic hydroxyl groups is 1. The molecule has 84 valence electrons. The summed E-state index contributed by atoms with van der Waals surface area (Å²) >= 11 is 0. The smallest absolute Gasteiger partial charge is 0.231 e. The van der Waals surface area contributed by atoms with Crippen molar-refractivity contribution in [3.8, 4) is 17.4 Å². The van der Waals surface area contributed by atoms with Gasteiger partial charge in [-0.2, -0.15) is 0 Å². The lowest BCUT2D eigenvalue weighted by Gasteiger charge is -2.05. The first-order chi connectivity index (χ1) is 8.33. The van der Waals surface area contributed by atoms with Crippen LogP contribution < -0.4 is 4.74 Å². The number of nitrogens with one attached hydrogen (secondary N) is 1. The van der Waals surface area contributed by atoms with Gasteiger partial charge in [-0.05, 0) is 18.2 Å². The van der Waals surface area contributed by atoms with Gasteiger partial charge >= 0.3 is 0 Å². The lowest BCUT2D eigenvalue weighted by molar-refractivity contribution is 0.448. The number of fused-ring (bicyclic) bond motifs is 1. The molecule has 0 aliphatic rings. The van der Waals surface area contributed by atoms with E-state index >= 15 is 0 Å². The number of hydrogen-bond donors (Lipinski definition) is 2. The van der Waals surface area contributed by atoms with Crippen molar-refractivity contribution in [2.75, 3.05) is 0 Å². The highest BCUT2D eigenvalue weighted by Crippen LogP contribution is 2.27. The van der Waals surface area contributed by atoms with E-state index in [0.717, 1.165) is 11.0 Å². The largest absolute Gasteiger partial charge is 0.508 e. The number of aromatic nitrogens is 3. The predicted octanol–water partition coefficient (Wildman–Crippen LogP) is 2.46. The second kappa shape index (κ2) is 3.79. The molecule has 5 nitrogen and oxygen atoms in total. The molecular weight excluding hydrogens is 218 g/mol. The molecule has 0 atom stereocenters. The van der Waals surface area contributed by atoms with Gasteiger partial charge in [-0.15, -0.1) is 0 Å². The van der Waals surface area contributed by atoms with Gasteiger partial charge in [0.05, 0.1) is 5.39 Å². The van der Waals surface area contributed by atoms with Crippen molar-refractivity contribution in [2.24, 2.45) is 0 Å². The molecular formula is C12H9N3O2. The standard InChI is InChI=1S/C12H9N3O2/c16-8-2-1-3-9(6-8)17-12-10-4-5-13-11(10)14-7-15-12/h1-7,16H,(H,13,14,15). The summed E-state index contributed by atoms with van der Waals surface area (Å²) in [5.74, 6) is 1.15. The molecule has 3 rings (SSSR count). The monoisotopic (exact) mass is 227 g/mol. The number of aromatic amines is 1. The van der Waals surface area contributed by atoms with Crippen LogP contribution in [0.5, 0.6) is 17.4 Å². The minimum Gasteiger partial charge on any atom is -0.508 e. The van der Waals surface area contributed by atoms with Crippen LogP contribution in [-0.2, 0) is 0 Å². The average molecular weight is 227 g/mol. The van der Waals surface area contributed by atoms with Crippen LogP contribution >= 0.6 is 0 Å². The van der Waals surface area contributed by atoms with Gasteiger partial charge < -0.3 is 14.8 Å². The third kappa shape index (κ3) is 1.78. The molecule has 2 aromatic heterocycles. The molecule has 0 aliphatic carbocycles. The number of nitrogens with zero attached hydrogens (tertiary/aromatic N) is 2. The van der Waals surface area contributed by atoms with Crippen molar-refractivity contribution < 1.29 is 9.84 Å². The molecule has 0 aliphatic heterocycles. The first-order valence-electron chi connectivity index (χ1n) is 5.08. The molecule has 0 unspecified atom stereocenters. The molecule has 0 saturated heterocycles. The maximum Gasteiger partial charge on any atom is 0.231 e. The average Bonchev–Trinajstić information content (AvgIpc) is 2.78. The van der Waals surface area contributed by atoms with Crippen LogP contribution in [0.15, 0.2) is 42.9 Å². The van der Waals surface area contributed by atoms with Crippen molar-refractivity contribution in [3.05, 3.63) is 42.9 Å². The Hall–Kier alpha value is -2.56. The Kier molecular flexibility index (Phi) is 2.15. The fourth-order valence-electron chi connectivity index (χ4n) is 1.59. The lowest BCUT2D eigenvalue weighted by atomic mass is 10.3. The molecule has 17 heavy (non-hydrogen) atoms. The summed E-state index contributed by atoms with van der Waals surface area (Å²) in [5, 5.41) is 10.1. The minimum absolute atomic E-state index is 0.155. The summed E-state index contributed by atoms with van der Waals surface area (Å²) in [7, 11) is 0. The molecule has 0 spiro atoms. The number of rotatable bonds is 2. The SMILES string of the molecule is Oc1cccc(Oc2ncnc3[nH]ccc23)c1. The molecule has 2 heterocycles. The number of benzene rings is 1. The van der Waals surface area contributed by atoms with E-state index in [0.29, 0.717) is 11.6 Å². The third-order valence-electron chi connectivity index (χ3n) is 2.35. The van der Waals surface area contributed by atoms with E-state index in [-0.39, 0.29) is 5.75 Å². The van der Waals surface area contributed by atoms with E-state index in [4.69, 9.17) is 4.74 Å². The Labute approximate surface area is 96.7 Å². The molecule has 3 aromatic rings. The highest BCUT2D eigenvalue weighted by molar-refractivity contribution is 5.80. The summed E-state index contributed by atoms with van der Waals surface area (Å²) in [4.78, 5) is 11.1. The van der Waals surface area contributed by atoms with Gasteiger partial charge in [0.25, 0.3) is 0 Å². The van der Waals surface area contributed by atoms with E-state index in [9.17, 15) is 5.11 Å². The maximum absolute atomic E-state index is 9.35. The summed E-state index contributed by atoms with van der Waals surface area (Å²) in [6, 6.07) is 8.41. The summed E-state index contributed by atoms with van der Waals surface area (Å²) < 4.78 is 5.60. The molecule has 0 bridgehead atoms. The molecule has 2 N–H and O–H groups in total. The first-order valence-corrected chi connectivity index (χ1v) is 5.08. The molecule has 0 amide bonds. The lowest BCUT2D eigenvalue weighted by Crippen LogP contribution is -1.89. The minimum atomic E-state index is 0.155. The quantitative estimate of drug-likeness (QED) is 0.705. The Morgan fingerprint density at radius 3 is 3.00 bits per heavy atom. The van der Waals surface area contributed by atoms with Crippen LogP contribution in [-0.4, -0.2) is 20.1 Å². The Morgan fingerprint density at radius 2 is 2.12 bits per heavy atom. The predicted molar refractivity (Wildman–Crippen MR) is 62.1 cm³/mol. The first kappa shape index (κ1) is 9.65. The van der Waals surface area contributed by atoms with Crippen LogP contribution in [0, 0.1) is 0 Å². The fraction of sp³-hybridized carbons (Fsp3) is 0. The Bertz CT molecular complexity index is 663. The van der Waals surface area contributed by atoms with Crippen LogP contribution in [0.25, 0.3) is 11.0 Å². The van der Waals surface area contributed by atoms with E-state index < -0.39 is 0 Å². The highest BCUT2D eigenvalue weighted by Gasteiger charge is 2.06. The fourth-order valence-corrected chi connectivity index (χ4v) is 1.59. The zero-order valence-electron chi connectivity index (χ0n) is 8.79. The van der Waals surface area contributed by atoms with Crippen LogP contribution in [0.4, 0.5) is 0 Å². The van der Waals surface area contributed by atoms with Gasteiger partial charge in [0.2, 0.25) is 5.88 Å². The Balaban J connectivity index is 2.02. The van der Waals surface area contributed by atoms with Gasteiger partial charge in [0.15, 0.2) is 0 Å². The van der Waals surface area contributed by atoms with Crippen molar-refractivity contribution >= 4 is 11.0 Å². The number of hydrogen-bond acceptors (Lipinski definition) is 4. The molecule has 5 heteroatoms. The van der Waals surface area contributed by atoms with Crippen molar-refractivity contribution in [3.63, 3.8) is 0 Å². The normalized spacial score (nSPS) is 10.6. The molecule has 0 fully saturated rings. The van der Waals surface area contributed by atoms with E-state index in [1.807, 2.05) is 6.07 Å². The van der Waals surface area contributed by atoms with Crippen LogP contribution in [0.3, 0.4) is 0 Å². The number of phenols is 1. The molecule has 0 saturated carbocycles. The van der Waals surface area contributed by atoms with Gasteiger partial charge in [0.1, 0.15) is 23.5 Å². The number of phenolic OH excluding ortho intramolecular Hbond substituents is 1. The maximum atomic E-state index is 9.35. The molecule has 0 radical (unpaired) electrons. The van der Waals surface area contributed by atoms with Gasteiger partial charge in [0, 0.05) is 12.3 Å². The second-order valence-corrected chi connectivity index (χ2v) is 3.52. The van der Waals surface area contributed by atoms with Crippen LogP contribution in [0.2, 0.25) is 0 Å². The second-order valence-electron chi connectivity index (χ2n) is 3.52. The number of H-pyrrole nitrogens is 1. The van der Waals surface area contributed by atoms with Gasteiger partial charge in [-0.25, -0.2) is 9.97 Å². The number of ether oxygens (including phenoxy) is 1. The van der Waals surface area contributed by atoms with Crippen LogP contribution in [0.1, 0.15) is 0 Å². The van der Waals surface area contributed by atoms with E-state index in [2.05, 4.69) is 15.0 Å². The zero-order chi connectivity index (χ0) is 11.7. The highest BCUT2D eigenvalue weighted by atomic mass is 16.5. The van der Waals surface area contributed by atoms with Gasteiger partial charge in [-0.1, -0.05) is 6.07 Å². The van der Waals surface area contributed by atoms with Crippen molar-refractivity contribution in [2.45, 2.75) is 0 Å². The van der Waals surface area contributed by atoms with Crippen molar-refractivity contribution in [1.29, 1.82) is 0 Å².